The Kier molecular flexibility index (Phi) is 3.69. The summed E-state index contributed by atoms with van der Waals surface area (Å²) in [7, 11) is 1.67. The van der Waals surface area contributed by atoms with Crippen molar-refractivity contribution in [2.24, 2.45) is 5.10 Å². The van der Waals surface area contributed by atoms with Gasteiger partial charge in [-0.2, -0.15) is 5.10 Å². The number of hydrogen-bond acceptors (Lipinski definition) is 2. The van der Waals surface area contributed by atoms with Crippen molar-refractivity contribution < 1.29 is 4.79 Å². The van der Waals surface area contributed by atoms with Gasteiger partial charge in [-0.05, 0) is 6.92 Å². The molecule has 0 bridgehead atoms. The minimum Gasteiger partial charge on any atom is -0.273 e. The second kappa shape index (κ2) is 4.04. The fraction of sp³-hybridized carbons (Fsp3) is 0.714. The number of rotatable bonds is 0. The van der Waals surface area contributed by atoms with E-state index >= 15 is 0 Å². The Labute approximate surface area is 61.7 Å². The zero-order valence-electron chi connectivity index (χ0n) is 7.01. The zero-order valence-corrected chi connectivity index (χ0v) is 7.01. The Morgan fingerprint density at radius 1 is 1.50 bits per heavy atom. The van der Waals surface area contributed by atoms with Crippen LogP contribution < -0.4 is 0 Å². The van der Waals surface area contributed by atoms with Crippen LogP contribution in [0.2, 0.25) is 0 Å². The average Bonchev–Trinajstić information content (AvgIpc) is 2.16. The molecule has 0 saturated heterocycles. The third-order valence-corrected chi connectivity index (χ3v) is 1.09. The first kappa shape index (κ1) is 9.14. The molecule has 0 fully saturated rings. The third-order valence-electron chi connectivity index (χ3n) is 1.09. The minimum absolute atomic E-state index is 0.0856. The smallest absolute Gasteiger partial charge is 0.248 e. The molecule has 0 radical (unpaired) electrons. The first-order chi connectivity index (χ1) is 4.70. The van der Waals surface area contributed by atoms with Crippen LogP contribution in [-0.2, 0) is 4.79 Å². The van der Waals surface area contributed by atoms with E-state index in [0.717, 1.165) is 5.71 Å². The van der Waals surface area contributed by atoms with E-state index in [2.05, 4.69) is 5.10 Å². The molecular weight excluding hydrogens is 128 g/mol. The number of hydrogen-bond donors (Lipinski definition) is 0. The summed E-state index contributed by atoms with van der Waals surface area (Å²) in [5.74, 6) is 0.0856. The van der Waals surface area contributed by atoms with Crippen LogP contribution in [0.15, 0.2) is 5.10 Å². The number of amides is 1. The second-order valence-electron chi connectivity index (χ2n) is 1.93. The molecule has 1 amide bonds. The lowest BCUT2D eigenvalue weighted by Gasteiger charge is -1.98. The molecule has 0 atom stereocenters. The quantitative estimate of drug-likeness (QED) is 0.501. The highest BCUT2D eigenvalue weighted by molar-refractivity contribution is 6.03. The van der Waals surface area contributed by atoms with Crippen molar-refractivity contribution in [1.82, 2.24) is 5.01 Å². The van der Waals surface area contributed by atoms with Gasteiger partial charge in [0.2, 0.25) is 5.91 Å². The Balaban J connectivity index is 0.000000371. The topological polar surface area (TPSA) is 32.7 Å². The summed E-state index contributed by atoms with van der Waals surface area (Å²) >= 11 is 0. The normalized spacial score (nSPS) is 16.2. The highest BCUT2D eigenvalue weighted by Crippen LogP contribution is 2.02. The molecular formula is C7H14N2O. The Hall–Kier alpha value is -0.860. The van der Waals surface area contributed by atoms with Crippen LogP contribution >= 0.6 is 0 Å². The maximum atomic E-state index is 10.6. The standard InChI is InChI=1S/C5H8N2O.C2H6/c1-4-3-5(8)7(2)6-4;1-2/h3H2,1-2H3;1-2H3. The summed E-state index contributed by atoms with van der Waals surface area (Å²) in [6, 6.07) is 0. The fourth-order valence-corrected chi connectivity index (χ4v) is 0.680. The number of carbonyl (C=O) groups excluding carboxylic acids is 1. The van der Waals surface area contributed by atoms with Crippen molar-refractivity contribution in [2.45, 2.75) is 27.2 Å². The summed E-state index contributed by atoms with van der Waals surface area (Å²) in [6.45, 7) is 5.85. The van der Waals surface area contributed by atoms with Gasteiger partial charge in [-0.15, -0.1) is 0 Å². The summed E-state index contributed by atoms with van der Waals surface area (Å²) in [5.41, 5.74) is 0.900. The largest absolute Gasteiger partial charge is 0.273 e. The Morgan fingerprint density at radius 2 is 2.00 bits per heavy atom. The molecule has 3 heteroatoms. The molecule has 0 aromatic carbocycles. The highest BCUT2D eigenvalue weighted by atomic mass is 16.2. The van der Waals surface area contributed by atoms with Crippen molar-refractivity contribution in [2.75, 3.05) is 7.05 Å². The summed E-state index contributed by atoms with van der Waals surface area (Å²) in [5, 5.41) is 5.24. The summed E-state index contributed by atoms with van der Waals surface area (Å²) < 4.78 is 0. The summed E-state index contributed by atoms with van der Waals surface area (Å²) in [6.07, 6.45) is 0.497. The van der Waals surface area contributed by atoms with Gasteiger partial charge in [-0.3, -0.25) is 4.79 Å². The number of nitrogens with zero attached hydrogens (tertiary/aromatic N) is 2. The van der Waals surface area contributed by atoms with E-state index in [1.807, 2.05) is 20.8 Å². The molecule has 1 aliphatic heterocycles. The number of hydrazone groups is 1. The van der Waals surface area contributed by atoms with E-state index in [9.17, 15) is 4.79 Å². The molecule has 1 heterocycles. The lowest BCUT2D eigenvalue weighted by atomic mass is 10.3. The molecule has 0 aromatic rings. The maximum Gasteiger partial charge on any atom is 0.248 e. The van der Waals surface area contributed by atoms with Gasteiger partial charge in [0.25, 0.3) is 0 Å². The van der Waals surface area contributed by atoms with E-state index in [-0.39, 0.29) is 5.91 Å². The first-order valence-corrected chi connectivity index (χ1v) is 3.51. The van der Waals surface area contributed by atoms with E-state index in [4.69, 9.17) is 0 Å². The highest BCUT2D eigenvalue weighted by Gasteiger charge is 2.15. The zero-order chi connectivity index (χ0) is 8.15. The van der Waals surface area contributed by atoms with Gasteiger partial charge in [0.15, 0.2) is 0 Å². The molecule has 1 rings (SSSR count). The third kappa shape index (κ3) is 2.17. The summed E-state index contributed by atoms with van der Waals surface area (Å²) in [4.78, 5) is 10.6. The van der Waals surface area contributed by atoms with E-state index < -0.39 is 0 Å². The van der Waals surface area contributed by atoms with Crippen molar-refractivity contribution in [1.29, 1.82) is 0 Å². The predicted octanol–water partition coefficient (Wildman–Crippen LogP) is 1.25. The Bertz CT molecular complexity index is 152. The average molecular weight is 142 g/mol. The van der Waals surface area contributed by atoms with E-state index in [1.54, 1.807) is 7.05 Å². The molecule has 0 N–H and O–H groups in total. The van der Waals surface area contributed by atoms with Crippen LogP contribution in [0.4, 0.5) is 0 Å². The Morgan fingerprint density at radius 3 is 2.10 bits per heavy atom. The van der Waals surface area contributed by atoms with E-state index in [1.165, 1.54) is 5.01 Å². The first-order valence-electron chi connectivity index (χ1n) is 3.51. The molecule has 0 saturated carbocycles. The van der Waals surface area contributed by atoms with Gasteiger partial charge in [0.05, 0.1) is 6.42 Å². The van der Waals surface area contributed by atoms with Gasteiger partial charge in [-0.1, -0.05) is 13.8 Å². The van der Waals surface area contributed by atoms with Crippen molar-refractivity contribution in [3.63, 3.8) is 0 Å². The molecule has 58 valence electrons. The minimum atomic E-state index is 0.0856. The van der Waals surface area contributed by atoms with E-state index in [0.29, 0.717) is 6.42 Å². The van der Waals surface area contributed by atoms with Gasteiger partial charge in [0.1, 0.15) is 0 Å². The molecule has 0 unspecified atom stereocenters. The van der Waals surface area contributed by atoms with Gasteiger partial charge < -0.3 is 0 Å². The molecule has 0 spiro atoms. The van der Waals surface area contributed by atoms with Crippen LogP contribution in [0.5, 0.6) is 0 Å². The van der Waals surface area contributed by atoms with Crippen LogP contribution in [0.3, 0.4) is 0 Å². The molecule has 10 heavy (non-hydrogen) atoms. The molecule has 0 aliphatic carbocycles. The monoisotopic (exact) mass is 142 g/mol. The van der Waals surface area contributed by atoms with Crippen LogP contribution in [0.25, 0.3) is 0 Å². The molecule has 0 aromatic heterocycles. The van der Waals surface area contributed by atoms with Crippen LogP contribution in [0.1, 0.15) is 27.2 Å². The second-order valence-corrected chi connectivity index (χ2v) is 1.93. The van der Waals surface area contributed by atoms with Crippen molar-refractivity contribution in [3.05, 3.63) is 0 Å². The lowest BCUT2D eigenvalue weighted by Crippen LogP contribution is -2.13. The molecule has 3 nitrogen and oxygen atoms in total. The lowest BCUT2D eigenvalue weighted by molar-refractivity contribution is -0.127. The van der Waals surface area contributed by atoms with Crippen molar-refractivity contribution in [3.8, 4) is 0 Å². The van der Waals surface area contributed by atoms with Gasteiger partial charge in [0, 0.05) is 12.8 Å². The van der Waals surface area contributed by atoms with Crippen LogP contribution in [-0.4, -0.2) is 23.7 Å². The van der Waals surface area contributed by atoms with Gasteiger partial charge >= 0.3 is 0 Å². The van der Waals surface area contributed by atoms with Crippen molar-refractivity contribution >= 4 is 11.6 Å². The maximum absolute atomic E-state index is 10.6. The SMILES string of the molecule is CC.CC1=NN(C)C(=O)C1. The fourth-order valence-electron chi connectivity index (χ4n) is 0.680. The predicted molar refractivity (Wildman–Crippen MR) is 41.8 cm³/mol. The van der Waals surface area contributed by atoms with Crippen LogP contribution in [0, 0.1) is 0 Å². The van der Waals surface area contributed by atoms with Gasteiger partial charge in [-0.25, -0.2) is 5.01 Å². The molecule has 1 aliphatic rings. The number of carbonyl (C=O) groups is 1.